The summed E-state index contributed by atoms with van der Waals surface area (Å²) in [7, 11) is 0. The molecule has 4 heteroatoms. The standard InChI is InChI=1S/C11H14N2O2/c1-7-4-10(5-8(2)11(7)15)6-12-13-9(3)14/h4-6,15H,1-3H3,(H,13,14)/b12-6-. The maximum Gasteiger partial charge on any atom is 0.236 e. The van der Waals surface area contributed by atoms with E-state index in [2.05, 4.69) is 10.5 Å². The third-order valence-corrected chi connectivity index (χ3v) is 1.95. The van der Waals surface area contributed by atoms with E-state index in [1.165, 1.54) is 6.92 Å². The van der Waals surface area contributed by atoms with Gasteiger partial charge in [-0.1, -0.05) is 0 Å². The van der Waals surface area contributed by atoms with Crippen LogP contribution in [0.15, 0.2) is 17.2 Å². The number of hydrazone groups is 1. The Morgan fingerprint density at radius 2 is 1.93 bits per heavy atom. The molecule has 0 radical (unpaired) electrons. The van der Waals surface area contributed by atoms with Gasteiger partial charge in [-0.3, -0.25) is 4.79 Å². The molecule has 0 bridgehead atoms. The number of hydrogen-bond acceptors (Lipinski definition) is 3. The highest BCUT2D eigenvalue weighted by molar-refractivity contribution is 5.82. The molecule has 0 aliphatic rings. The van der Waals surface area contributed by atoms with Crippen molar-refractivity contribution in [2.45, 2.75) is 20.8 Å². The molecule has 0 aliphatic heterocycles. The van der Waals surface area contributed by atoms with Gasteiger partial charge in [0.2, 0.25) is 5.91 Å². The molecule has 0 unspecified atom stereocenters. The quantitative estimate of drug-likeness (QED) is 0.568. The van der Waals surface area contributed by atoms with Crippen molar-refractivity contribution in [3.63, 3.8) is 0 Å². The highest BCUT2D eigenvalue weighted by Gasteiger charge is 2.01. The molecule has 4 nitrogen and oxygen atoms in total. The van der Waals surface area contributed by atoms with Crippen LogP contribution < -0.4 is 5.43 Å². The Balaban J connectivity index is 2.87. The predicted octanol–water partition coefficient (Wildman–Crippen LogP) is 1.48. The van der Waals surface area contributed by atoms with Crippen LogP contribution in [0.3, 0.4) is 0 Å². The minimum absolute atomic E-state index is 0.210. The zero-order valence-corrected chi connectivity index (χ0v) is 9.03. The Hall–Kier alpha value is -1.84. The maximum absolute atomic E-state index is 10.6. The summed E-state index contributed by atoms with van der Waals surface area (Å²) < 4.78 is 0. The fraction of sp³-hybridized carbons (Fsp3) is 0.273. The Morgan fingerprint density at radius 1 is 1.40 bits per heavy atom. The van der Waals surface area contributed by atoms with Crippen molar-refractivity contribution >= 4 is 12.1 Å². The number of rotatable bonds is 2. The van der Waals surface area contributed by atoms with E-state index in [4.69, 9.17) is 0 Å². The molecule has 80 valence electrons. The maximum atomic E-state index is 10.6. The number of phenolic OH excluding ortho intramolecular Hbond substituents is 1. The van der Waals surface area contributed by atoms with E-state index < -0.39 is 0 Å². The molecule has 1 rings (SSSR count). The predicted molar refractivity (Wildman–Crippen MR) is 59.0 cm³/mol. The second kappa shape index (κ2) is 4.59. The van der Waals surface area contributed by atoms with E-state index in [1.807, 2.05) is 13.8 Å². The summed E-state index contributed by atoms with van der Waals surface area (Å²) in [6, 6.07) is 3.60. The Morgan fingerprint density at radius 3 is 2.40 bits per heavy atom. The molecule has 1 amide bonds. The minimum atomic E-state index is -0.210. The van der Waals surface area contributed by atoms with E-state index in [1.54, 1.807) is 18.3 Å². The summed E-state index contributed by atoms with van der Waals surface area (Å²) in [5, 5.41) is 13.3. The average Bonchev–Trinajstić information content (AvgIpc) is 2.13. The number of amides is 1. The summed E-state index contributed by atoms with van der Waals surface area (Å²) >= 11 is 0. The topological polar surface area (TPSA) is 61.7 Å². The number of carbonyl (C=O) groups is 1. The molecular formula is C11H14N2O2. The monoisotopic (exact) mass is 206 g/mol. The molecule has 0 atom stereocenters. The Labute approximate surface area is 88.6 Å². The third-order valence-electron chi connectivity index (χ3n) is 1.95. The lowest BCUT2D eigenvalue weighted by molar-refractivity contribution is -0.118. The Bertz CT molecular complexity index is 388. The fourth-order valence-electron chi connectivity index (χ4n) is 1.26. The summed E-state index contributed by atoms with van der Waals surface area (Å²) in [4.78, 5) is 10.6. The Kier molecular flexibility index (Phi) is 3.44. The number of aryl methyl sites for hydroxylation is 2. The van der Waals surface area contributed by atoms with Crippen LogP contribution in [0, 0.1) is 13.8 Å². The molecule has 0 saturated carbocycles. The third kappa shape index (κ3) is 3.09. The smallest absolute Gasteiger partial charge is 0.236 e. The number of carbonyl (C=O) groups excluding carboxylic acids is 1. The van der Waals surface area contributed by atoms with Gasteiger partial charge in [0, 0.05) is 6.92 Å². The van der Waals surface area contributed by atoms with Gasteiger partial charge in [-0.15, -0.1) is 0 Å². The highest BCUT2D eigenvalue weighted by atomic mass is 16.3. The van der Waals surface area contributed by atoms with Gasteiger partial charge in [-0.25, -0.2) is 5.43 Å². The van der Waals surface area contributed by atoms with Gasteiger partial charge < -0.3 is 5.11 Å². The van der Waals surface area contributed by atoms with Gasteiger partial charge in [0.15, 0.2) is 0 Å². The first-order chi connectivity index (χ1) is 7.00. The van der Waals surface area contributed by atoms with Gasteiger partial charge >= 0.3 is 0 Å². The molecule has 15 heavy (non-hydrogen) atoms. The van der Waals surface area contributed by atoms with Crippen molar-refractivity contribution in [1.82, 2.24) is 5.43 Å². The zero-order chi connectivity index (χ0) is 11.4. The minimum Gasteiger partial charge on any atom is -0.507 e. The van der Waals surface area contributed by atoms with Crippen molar-refractivity contribution in [2.24, 2.45) is 5.10 Å². The van der Waals surface area contributed by atoms with Gasteiger partial charge in [-0.2, -0.15) is 5.10 Å². The molecule has 0 heterocycles. The zero-order valence-electron chi connectivity index (χ0n) is 9.03. The van der Waals surface area contributed by atoms with E-state index in [9.17, 15) is 9.90 Å². The van der Waals surface area contributed by atoms with Crippen LogP contribution in [-0.2, 0) is 4.79 Å². The van der Waals surface area contributed by atoms with Crippen molar-refractivity contribution < 1.29 is 9.90 Å². The second-order valence-corrected chi connectivity index (χ2v) is 3.43. The summed E-state index contributed by atoms with van der Waals surface area (Å²) in [5.41, 5.74) is 4.74. The van der Waals surface area contributed by atoms with Crippen molar-refractivity contribution in [1.29, 1.82) is 0 Å². The van der Waals surface area contributed by atoms with Crippen LogP contribution >= 0.6 is 0 Å². The van der Waals surface area contributed by atoms with E-state index in [0.717, 1.165) is 16.7 Å². The average molecular weight is 206 g/mol. The van der Waals surface area contributed by atoms with Gasteiger partial charge in [0.25, 0.3) is 0 Å². The first-order valence-corrected chi connectivity index (χ1v) is 4.60. The summed E-state index contributed by atoms with van der Waals surface area (Å²) in [5.74, 6) is 0.0881. The lowest BCUT2D eigenvalue weighted by Gasteiger charge is -2.04. The number of hydrogen-bond donors (Lipinski definition) is 2. The first-order valence-electron chi connectivity index (χ1n) is 4.60. The number of phenols is 1. The molecular weight excluding hydrogens is 192 g/mol. The molecule has 0 spiro atoms. The SMILES string of the molecule is CC(=O)N/N=C\c1cc(C)c(O)c(C)c1. The number of aromatic hydroxyl groups is 1. The van der Waals surface area contributed by atoms with E-state index in [-0.39, 0.29) is 5.91 Å². The molecule has 0 aliphatic carbocycles. The van der Waals surface area contributed by atoms with Crippen LogP contribution in [-0.4, -0.2) is 17.2 Å². The highest BCUT2D eigenvalue weighted by Crippen LogP contribution is 2.21. The summed E-state index contributed by atoms with van der Waals surface area (Å²) in [6.07, 6.45) is 1.54. The van der Waals surface area contributed by atoms with Crippen LogP contribution in [0.4, 0.5) is 0 Å². The van der Waals surface area contributed by atoms with Crippen LogP contribution in [0.2, 0.25) is 0 Å². The normalized spacial score (nSPS) is 10.6. The molecule has 0 saturated heterocycles. The molecule has 1 aromatic carbocycles. The largest absolute Gasteiger partial charge is 0.507 e. The number of nitrogens with one attached hydrogen (secondary N) is 1. The molecule has 1 aromatic rings. The molecule has 2 N–H and O–H groups in total. The lowest BCUT2D eigenvalue weighted by Crippen LogP contribution is -2.12. The van der Waals surface area contributed by atoms with E-state index in [0.29, 0.717) is 5.75 Å². The lowest BCUT2D eigenvalue weighted by atomic mass is 10.1. The van der Waals surface area contributed by atoms with Gasteiger partial charge in [0.1, 0.15) is 5.75 Å². The number of benzene rings is 1. The summed E-state index contributed by atoms with van der Waals surface area (Å²) in [6.45, 7) is 5.03. The van der Waals surface area contributed by atoms with Crippen LogP contribution in [0.5, 0.6) is 5.75 Å². The van der Waals surface area contributed by atoms with Crippen LogP contribution in [0.1, 0.15) is 23.6 Å². The van der Waals surface area contributed by atoms with Crippen molar-refractivity contribution in [3.8, 4) is 5.75 Å². The second-order valence-electron chi connectivity index (χ2n) is 3.43. The number of nitrogens with zero attached hydrogens (tertiary/aromatic N) is 1. The van der Waals surface area contributed by atoms with Crippen molar-refractivity contribution in [3.05, 3.63) is 28.8 Å². The molecule has 0 fully saturated rings. The molecule has 0 aromatic heterocycles. The first kappa shape index (κ1) is 11.2. The van der Waals surface area contributed by atoms with E-state index >= 15 is 0 Å². The fourth-order valence-corrected chi connectivity index (χ4v) is 1.26. The van der Waals surface area contributed by atoms with Gasteiger partial charge in [0.05, 0.1) is 6.21 Å². The van der Waals surface area contributed by atoms with Crippen LogP contribution in [0.25, 0.3) is 0 Å². The van der Waals surface area contributed by atoms with Gasteiger partial charge in [-0.05, 0) is 42.7 Å². The van der Waals surface area contributed by atoms with Crippen molar-refractivity contribution in [2.75, 3.05) is 0 Å².